The van der Waals surface area contributed by atoms with Crippen LogP contribution in [-0.2, 0) is 6.54 Å². The Labute approximate surface area is 187 Å². The highest BCUT2D eigenvalue weighted by molar-refractivity contribution is 7.13. The van der Waals surface area contributed by atoms with Crippen molar-refractivity contribution in [1.29, 1.82) is 0 Å². The van der Waals surface area contributed by atoms with Crippen LogP contribution in [0, 0.1) is 0 Å². The number of nitrogens with one attached hydrogen (secondary N) is 2. The molecule has 7 nitrogen and oxygen atoms in total. The van der Waals surface area contributed by atoms with Crippen LogP contribution >= 0.6 is 11.3 Å². The van der Waals surface area contributed by atoms with Crippen LogP contribution in [0.2, 0.25) is 0 Å². The molecule has 0 radical (unpaired) electrons. The number of hydrogen-bond acceptors (Lipinski definition) is 7. The number of hydrogen-bond donors (Lipinski definition) is 3. The van der Waals surface area contributed by atoms with Gasteiger partial charge in [-0.2, -0.15) is 19.6 Å². The summed E-state index contributed by atoms with van der Waals surface area (Å²) in [5.41, 5.74) is 4.20. The van der Waals surface area contributed by atoms with Crippen molar-refractivity contribution in [2.75, 3.05) is 23.8 Å². The monoisotopic (exact) mass is 438 g/mol. The molecule has 0 atom stereocenters. The number of anilines is 2. The number of aliphatic hydroxyl groups is 1. The second-order valence-electron chi connectivity index (χ2n) is 7.04. The Morgan fingerprint density at radius 1 is 1.06 bits per heavy atom. The van der Waals surface area contributed by atoms with E-state index in [1.807, 2.05) is 20.0 Å². The molecule has 4 rings (SSSR count). The van der Waals surface area contributed by atoms with Gasteiger partial charge in [0.15, 0.2) is 5.65 Å². The molecule has 1 aromatic carbocycles. The van der Waals surface area contributed by atoms with E-state index in [2.05, 4.69) is 81.3 Å². The lowest BCUT2D eigenvalue weighted by Gasteiger charge is -2.11. The van der Waals surface area contributed by atoms with Gasteiger partial charge in [0, 0.05) is 23.5 Å². The molecule has 0 saturated heterocycles. The summed E-state index contributed by atoms with van der Waals surface area (Å²) in [5, 5.41) is 22.1. The average molecular weight is 439 g/mol. The number of nitrogens with zero attached hydrogens (tertiary/aromatic N) is 4. The van der Waals surface area contributed by atoms with Crippen molar-refractivity contribution < 1.29 is 5.11 Å². The Hall–Kier alpha value is -2.97. The molecule has 31 heavy (non-hydrogen) atoms. The fraction of sp³-hybridized carbons (Fsp3) is 0.348. The van der Waals surface area contributed by atoms with Crippen LogP contribution in [0.1, 0.15) is 44.7 Å². The Bertz CT molecular complexity index is 1070. The van der Waals surface area contributed by atoms with Crippen LogP contribution in [-0.4, -0.2) is 37.8 Å². The van der Waals surface area contributed by atoms with E-state index < -0.39 is 0 Å². The highest BCUT2D eigenvalue weighted by Gasteiger charge is 2.15. The molecule has 164 valence electrons. The molecule has 8 heteroatoms. The molecular weight excluding hydrogens is 408 g/mol. The van der Waals surface area contributed by atoms with E-state index in [9.17, 15) is 0 Å². The van der Waals surface area contributed by atoms with E-state index in [0.29, 0.717) is 30.9 Å². The van der Waals surface area contributed by atoms with Crippen molar-refractivity contribution in [3.63, 3.8) is 0 Å². The van der Waals surface area contributed by atoms with E-state index in [1.54, 1.807) is 15.9 Å². The highest BCUT2D eigenvalue weighted by Crippen LogP contribution is 2.25. The zero-order valence-electron chi connectivity index (χ0n) is 18.5. The van der Waals surface area contributed by atoms with E-state index >= 15 is 0 Å². The quantitative estimate of drug-likeness (QED) is 0.358. The molecule has 3 N–H and O–H groups in total. The lowest BCUT2D eigenvalue weighted by molar-refractivity contribution is 0.311. The molecule has 0 aliphatic rings. The first-order valence-corrected chi connectivity index (χ1v) is 11.5. The smallest absolute Gasteiger partial charge is 0.229 e. The molecule has 0 aliphatic heterocycles. The van der Waals surface area contributed by atoms with Crippen molar-refractivity contribution >= 4 is 28.9 Å². The molecule has 3 aromatic heterocycles. The topological polar surface area (TPSA) is 87.4 Å². The van der Waals surface area contributed by atoms with Gasteiger partial charge < -0.3 is 15.7 Å². The van der Waals surface area contributed by atoms with Gasteiger partial charge in [-0.3, -0.25) is 0 Å². The summed E-state index contributed by atoms with van der Waals surface area (Å²) < 4.78 is 1.74. The zero-order chi connectivity index (χ0) is 22.2. The molecule has 0 fully saturated rings. The van der Waals surface area contributed by atoms with Crippen molar-refractivity contribution in [1.82, 2.24) is 19.6 Å². The summed E-state index contributed by atoms with van der Waals surface area (Å²) in [6.07, 6.45) is 1.84. The fourth-order valence-corrected chi connectivity index (χ4v) is 3.81. The first kappa shape index (κ1) is 22.7. The maximum atomic E-state index is 9.11. The maximum Gasteiger partial charge on any atom is 0.229 e. The van der Waals surface area contributed by atoms with Gasteiger partial charge in [-0.15, -0.1) is 11.3 Å². The van der Waals surface area contributed by atoms with Gasteiger partial charge >= 0.3 is 0 Å². The predicted molar refractivity (Wildman–Crippen MR) is 129 cm³/mol. The third-order valence-corrected chi connectivity index (χ3v) is 5.54. The number of aliphatic hydroxyl groups excluding tert-OH is 1. The molecule has 3 heterocycles. The largest absolute Gasteiger partial charge is 0.395 e. The van der Waals surface area contributed by atoms with Crippen LogP contribution in [0.15, 0.2) is 48.0 Å². The van der Waals surface area contributed by atoms with Gasteiger partial charge in [-0.1, -0.05) is 58.0 Å². The molecule has 0 saturated carbocycles. The van der Waals surface area contributed by atoms with Gasteiger partial charge in [0.25, 0.3) is 0 Å². The van der Waals surface area contributed by atoms with Gasteiger partial charge in [0.05, 0.1) is 12.8 Å². The lowest BCUT2D eigenvalue weighted by Crippen LogP contribution is -2.14. The summed E-state index contributed by atoms with van der Waals surface area (Å²) in [6, 6.07) is 12.7. The number of fused-ring (bicyclic) bond motifs is 1. The first-order valence-electron chi connectivity index (χ1n) is 10.6. The van der Waals surface area contributed by atoms with Crippen molar-refractivity contribution in [3.05, 3.63) is 59.1 Å². The molecule has 0 aliphatic carbocycles. The van der Waals surface area contributed by atoms with Gasteiger partial charge in [-0.25, -0.2) is 0 Å². The van der Waals surface area contributed by atoms with E-state index in [0.717, 1.165) is 16.8 Å². The number of benzene rings is 1. The third kappa shape index (κ3) is 5.39. The van der Waals surface area contributed by atoms with E-state index in [4.69, 9.17) is 5.11 Å². The number of aromatic nitrogens is 4. The van der Waals surface area contributed by atoms with Crippen molar-refractivity contribution in [3.8, 4) is 10.4 Å². The molecule has 4 aromatic rings. The average Bonchev–Trinajstić information content (AvgIpc) is 3.48. The Kier molecular flexibility index (Phi) is 7.97. The van der Waals surface area contributed by atoms with Crippen LogP contribution in [0.4, 0.5) is 11.9 Å². The minimum absolute atomic E-state index is 0.0180. The van der Waals surface area contributed by atoms with Crippen molar-refractivity contribution in [2.24, 2.45) is 0 Å². The number of rotatable bonds is 8. The van der Waals surface area contributed by atoms with Crippen LogP contribution in [0.3, 0.4) is 0 Å². The first-order chi connectivity index (χ1) is 15.2. The maximum absolute atomic E-state index is 9.11. The summed E-state index contributed by atoms with van der Waals surface area (Å²) in [7, 11) is 0. The van der Waals surface area contributed by atoms with E-state index in [-0.39, 0.29) is 6.61 Å². The Morgan fingerprint density at radius 3 is 2.48 bits per heavy atom. The number of thiophene rings is 1. The molecule has 0 amide bonds. The fourth-order valence-electron chi connectivity index (χ4n) is 3.07. The van der Waals surface area contributed by atoms with Gasteiger partial charge in [0.1, 0.15) is 0 Å². The Morgan fingerprint density at radius 2 is 1.84 bits per heavy atom. The second kappa shape index (κ2) is 10.9. The lowest BCUT2D eigenvalue weighted by atomic mass is 10.1. The predicted octanol–water partition coefficient (Wildman–Crippen LogP) is 5.02. The van der Waals surface area contributed by atoms with Crippen LogP contribution in [0.25, 0.3) is 16.1 Å². The summed E-state index contributed by atoms with van der Waals surface area (Å²) in [6.45, 7) is 9.26. The summed E-state index contributed by atoms with van der Waals surface area (Å²) in [4.78, 5) is 10.4. The molecule has 0 unspecified atom stereocenters. The second-order valence-corrected chi connectivity index (χ2v) is 7.99. The van der Waals surface area contributed by atoms with E-state index in [1.165, 1.54) is 10.4 Å². The zero-order valence-corrected chi connectivity index (χ0v) is 19.3. The molecule has 0 spiro atoms. The highest BCUT2D eigenvalue weighted by atomic mass is 32.1. The minimum atomic E-state index is 0.0180. The van der Waals surface area contributed by atoms with Crippen LogP contribution in [0.5, 0.6) is 0 Å². The molecule has 0 bridgehead atoms. The van der Waals surface area contributed by atoms with Crippen molar-refractivity contribution in [2.45, 2.75) is 40.2 Å². The van der Waals surface area contributed by atoms with Gasteiger partial charge in [0.2, 0.25) is 11.9 Å². The van der Waals surface area contributed by atoms with Gasteiger partial charge in [-0.05, 0) is 28.5 Å². The summed E-state index contributed by atoms with van der Waals surface area (Å²) >= 11 is 1.74. The summed E-state index contributed by atoms with van der Waals surface area (Å²) in [5.74, 6) is 1.39. The third-order valence-electron chi connectivity index (χ3n) is 4.62. The Balaban J connectivity index is 0.00000132. The minimum Gasteiger partial charge on any atom is -0.395 e. The SMILES string of the molecule is CC.CC(C)c1cnn2c(NCc3ccc(-c4cccs4)cc3)nc(NCCO)nc12. The molecular formula is C23H30N6OS. The normalized spacial score (nSPS) is 10.8. The van der Waals surface area contributed by atoms with Crippen LogP contribution < -0.4 is 10.6 Å². The standard InChI is InChI=1S/C21H24N6OS.C2H6/c1-14(2)17-13-24-27-19(17)25-20(22-9-10-28)26-21(27)23-12-15-5-7-16(8-6-15)18-4-3-11-29-18;1-2/h3-8,11,13-14,28H,9-10,12H2,1-2H3,(H2,22,23,25,26);1-2H3.